The Kier molecular flexibility index (Phi) is 5.07. The van der Waals surface area contributed by atoms with Gasteiger partial charge in [0.05, 0.1) is 11.2 Å². The standard InChI is InChI=1S/C22H28O2/c1-18-21(23,14-12-19-8-4-2-5-9-19)16-17-22(18,24)15-13-20-10-6-3-7-11-20/h2-11,18,23-24H,12-17H2,1H3/t18?,21-,22+. The van der Waals surface area contributed by atoms with Gasteiger partial charge in [0.1, 0.15) is 0 Å². The van der Waals surface area contributed by atoms with Crippen molar-refractivity contribution < 1.29 is 10.2 Å². The van der Waals surface area contributed by atoms with Crippen LogP contribution in [0.4, 0.5) is 0 Å². The lowest BCUT2D eigenvalue weighted by Gasteiger charge is -2.35. The third-order valence-electron chi connectivity index (χ3n) is 5.98. The Morgan fingerprint density at radius 1 is 0.750 bits per heavy atom. The first-order valence-electron chi connectivity index (χ1n) is 9.04. The van der Waals surface area contributed by atoms with Gasteiger partial charge in [-0.05, 0) is 49.7 Å². The molecule has 1 saturated carbocycles. The number of hydrogen-bond acceptors (Lipinski definition) is 2. The Balaban J connectivity index is 1.61. The summed E-state index contributed by atoms with van der Waals surface area (Å²) in [6.45, 7) is 2.02. The average molecular weight is 324 g/mol. The summed E-state index contributed by atoms with van der Waals surface area (Å²) in [4.78, 5) is 0. The van der Waals surface area contributed by atoms with Gasteiger partial charge in [0.2, 0.25) is 0 Å². The van der Waals surface area contributed by atoms with Gasteiger partial charge >= 0.3 is 0 Å². The minimum atomic E-state index is -0.763. The van der Waals surface area contributed by atoms with Crippen molar-refractivity contribution in [2.75, 3.05) is 0 Å². The topological polar surface area (TPSA) is 40.5 Å². The highest BCUT2D eigenvalue weighted by atomic mass is 16.3. The second kappa shape index (κ2) is 7.08. The molecule has 2 aromatic rings. The van der Waals surface area contributed by atoms with Gasteiger partial charge in [0, 0.05) is 5.92 Å². The number of aliphatic hydroxyl groups is 2. The minimum Gasteiger partial charge on any atom is -0.389 e. The monoisotopic (exact) mass is 324 g/mol. The molecule has 3 rings (SSSR count). The third-order valence-corrected chi connectivity index (χ3v) is 5.98. The van der Waals surface area contributed by atoms with Crippen molar-refractivity contribution >= 4 is 0 Å². The molecule has 1 unspecified atom stereocenters. The maximum absolute atomic E-state index is 11.1. The van der Waals surface area contributed by atoms with Crippen LogP contribution in [-0.2, 0) is 12.8 Å². The number of benzene rings is 2. The first kappa shape index (κ1) is 17.2. The van der Waals surface area contributed by atoms with E-state index in [2.05, 4.69) is 24.3 Å². The summed E-state index contributed by atoms with van der Waals surface area (Å²) in [7, 11) is 0. The van der Waals surface area contributed by atoms with Crippen molar-refractivity contribution in [1.29, 1.82) is 0 Å². The minimum absolute atomic E-state index is 0.0996. The second-order valence-electron chi connectivity index (χ2n) is 7.40. The Morgan fingerprint density at radius 2 is 1.12 bits per heavy atom. The quantitative estimate of drug-likeness (QED) is 0.838. The van der Waals surface area contributed by atoms with Crippen LogP contribution in [0.25, 0.3) is 0 Å². The first-order chi connectivity index (χ1) is 11.5. The van der Waals surface area contributed by atoms with Crippen LogP contribution in [-0.4, -0.2) is 21.4 Å². The van der Waals surface area contributed by atoms with Crippen LogP contribution in [0.15, 0.2) is 60.7 Å². The van der Waals surface area contributed by atoms with E-state index >= 15 is 0 Å². The molecule has 3 atom stereocenters. The fourth-order valence-corrected chi connectivity index (χ4v) is 4.06. The molecule has 0 amide bonds. The number of hydrogen-bond donors (Lipinski definition) is 2. The van der Waals surface area contributed by atoms with Gasteiger partial charge in [0.25, 0.3) is 0 Å². The summed E-state index contributed by atoms with van der Waals surface area (Å²) in [6.07, 6.45) is 4.52. The Hall–Kier alpha value is -1.64. The van der Waals surface area contributed by atoms with Gasteiger partial charge in [-0.25, -0.2) is 0 Å². The zero-order valence-electron chi connectivity index (χ0n) is 14.5. The molecule has 0 saturated heterocycles. The molecule has 1 aliphatic rings. The summed E-state index contributed by atoms with van der Waals surface area (Å²) in [5.74, 6) is -0.0996. The maximum atomic E-state index is 11.1. The molecule has 2 heteroatoms. The molecule has 2 nitrogen and oxygen atoms in total. The summed E-state index contributed by atoms with van der Waals surface area (Å²) in [5, 5.41) is 22.2. The normalized spacial score (nSPS) is 29.7. The van der Waals surface area contributed by atoms with Crippen LogP contribution in [0.2, 0.25) is 0 Å². The van der Waals surface area contributed by atoms with E-state index in [0.29, 0.717) is 25.7 Å². The zero-order valence-corrected chi connectivity index (χ0v) is 14.5. The zero-order chi connectivity index (χ0) is 17.0. The molecule has 24 heavy (non-hydrogen) atoms. The highest BCUT2D eigenvalue weighted by Crippen LogP contribution is 2.47. The molecule has 0 radical (unpaired) electrons. The maximum Gasteiger partial charge on any atom is 0.0704 e. The Labute approximate surface area is 145 Å². The summed E-state index contributed by atoms with van der Waals surface area (Å²) >= 11 is 0. The molecule has 0 spiro atoms. The fraction of sp³-hybridized carbons (Fsp3) is 0.455. The highest BCUT2D eigenvalue weighted by Gasteiger charge is 2.52. The van der Waals surface area contributed by atoms with E-state index in [-0.39, 0.29) is 5.92 Å². The van der Waals surface area contributed by atoms with Gasteiger partial charge < -0.3 is 10.2 Å². The van der Waals surface area contributed by atoms with E-state index in [0.717, 1.165) is 12.8 Å². The molecular formula is C22H28O2. The highest BCUT2D eigenvalue weighted by molar-refractivity contribution is 5.18. The van der Waals surface area contributed by atoms with Crippen LogP contribution in [0.1, 0.15) is 43.7 Å². The fourth-order valence-electron chi connectivity index (χ4n) is 4.06. The second-order valence-corrected chi connectivity index (χ2v) is 7.40. The van der Waals surface area contributed by atoms with Crippen LogP contribution in [0.5, 0.6) is 0 Å². The molecule has 0 bridgehead atoms. The van der Waals surface area contributed by atoms with E-state index in [1.54, 1.807) is 0 Å². The van der Waals surface area contributed by atoms with Crippen LogP contribution >= 0.6 is 0 Å². The summed E-state index contributed by atoms with van der Waals surface area (Å²) in [6, 6.07) is 20.6. The van der Waals surface area contributed by atoms with Crippen molar-refractivity contribution in [3.63, 3.8) is 0 Å². The van der Waals surface area contributed by atoms with E-state index in [9.17, 15) is 10.2 Å². The van der Waals surface area contributed by atoms with Crippen molar-refractivity contribution in [3.05, 3.63) is 71.8 Å². The molecule has 2 N–H and O–H groups in total. The van der Waals surface area contributed by atoms with Crippen LogP contribution in [0.3, 0.4) is 0 Å². The van der Waals surface area contributed by atoms with E-state index < -0.39 is 11.2 Å². The molecule has 0 aromatic heterocycles. The Morgan fingerprint density at radius 3 is 1.50 bits per heavy atom. The summed E-state index contributed by atoms with van der Waals surface area (Å²) in [5.41, 5.74) is 0.971. The predicted molar refractivity (Wildman–Crippen MR) is 97.8 cm³/mol. The SMILES string of the molecule is CC1[C@@](O)(CCc2ccccc2)CC[C@@]1(O)CCc1ccccc1. The van der Waals surface area contributed by atoms with Crippen molar-refractivity contribution in [3.8, 4) is 0 Å². The summed E-state index contributed by atoms with van der Waals surface area (Å²) < 4.78 is 0. The largest absolute Gasteiger partial charge is 0.389 e. The van der Waals surface area contributed by atoms with E-state index in [1.807, 2.05) is 43.3 Å². The molecule has 1 fully saturated rings. The predicted octanol–water partition coefficient (Wildman–Crippen LogP) is 4.14. The van der Waals surface area contributed by atoms with Gasteiger partial charge in [-0.15, -0.1) is 0 Å². The first-order valence-corrected chi connectivity index (χ1v) is 9.04. The van der Waals surface area contributed by atoms with Crippen molar-refractivity contribution in [2.24, 2.45) is 5.92 Å². The lowest BCUT2D eigenvalue weighted by Crippen LogP contribution is -2.42. The molecular weight excluding hydrogens is 296 g/mol. The smallest absolute Gasteiger partial charge is 0.0704 e. The molecule has 2 aromatic carbocycles. The molecule has 0 heterocycles. The van der Waals surface area contributed by atoms with Crippen molar-refractivity contribution in [1.82, 2.24) is 0 Å². The van der Waals surface area contributed by atoms with Gasteiger partial charge in [-0.1, -0.05) is 67.6 Å². The Bertz CT molecular complexity index is 582. The molecule has 128 valence electrons. The van der Waals surface area contributed by atoms with Crippen LogP contribution < -0.4 is 0 Å². The van der Waals surface area contributed by atoms with Crippen molar-refractivity contribution in [2.45, 2.75) is 56.7 Å². The van der Waals surface area contributed by atoms with Gasteiger partial charge in [0.15, 0.2) is 0 Å². The van der Waals surface area contributed by atoms with Gasteiger partial charge in [-0.2, -0.15) is 0 Å². The number of aryl methyl sites for hydroxylation is 2. The average Bonchev–Trinajstić information content (AvgIpc) is 2.86. The molecule has 1 aliphatic carbocycles. The van der Waals surface area contributed by atoms with E-state index in [4.69, 9.17) is 0 Å². The molecule has 0 aliphatic heterocycles. The van der Waals surface area contributed by atoms with E-state index in [1.165, 1.54) is 11.1 Å². The third kappa shape index (κ3) is 3.71. The van der Waals surface area contributed by atoms with Gasteiger partial charge in [-0.3, -0.25) is 0 Å². The lowest BCUT2D eigenvalue weighted by molar-refractivity contribution is -0.0728. The van der Waals surface area contributed by atoms with Crippen LogP contribution in [0, 0.1) is 5.92 Å². The number of rotatable bonds is 6. The lowest BCUT2D eigenvalue weighted by atomic mass is 9.79.